The van der Waals surface area contributed by atoms with Crippen LogP contribution in [0.2, 0.25) is 0 Å². The number of carboxylic acids is 1. The fraction of sp³-hybridized carbons (Fsp3) is 0.917. The van der Waals surface area contributed by atoms with Gasteiger partial charge in [-0.15, -0.1) is 0 Å². The normalized spacial score (nSPS) is 15.1. The van der Waals surface area contributed by atoms with E-state index >= 15 is 0 Å². The van der Waals surface area contributed by atoms with E-state index in [4.69, 9.17) is 5.11 Å². The second-order valence-electron chi connectivity index (χ2n) is 5.39. The van der Waals surface area contributed by atoms with Gasteiger partial charge in [0.05, 0.1) is 11.5 Å². The predicted octanol–water partition coefficient (Wildman–Crippen LogP) is 2.67. The van der Waals surface area contributed by atoms with E-state index in [1.165, 1.54) is 0 Å². The molecule has 2 N–H and O–H groups in total. The van der Waals surface area contributed by atoms with Gasteiger partial charge < -0.3 is 10.2 Å². The summed E-state index contributed by atoms with van der Waals surface area (Å²) in [6.07, 6.45) is 1.53. The highest BCUT2D eigenvalue weighted by Gasteiger charge is 2.37. The average Bonchev–Trinajstić information content (AvgIpc) is 2.11. The Hall–Kier alpha value is -0.570. The molecule has 0 aromatic heterocycles. The van der Waals surface area contributed by atoms with Gasteiger partial charge in [-0.1, -0.05) is 34.6 Å². The van der Waals surface area contributed by atoms with Gasteiger partial charge in [0, 0.05) is 0 Å². The maximum Gasteiger partial charge on any atom is 0.307 e. The molecule has 0 saturated heterocycles. The summed E-state index contributed by atoms with van der Waals surface area (Å²) < 4.78 is 0. The van der Waals surface area contributed by atoms with Crippen LogP contribution in [-0.2, 0) is 4.79 Å². The predicted molar refractivity (Wildman–Crippen MR) is 60.7 cm³/mol. The van der Waals surface area contributed by atoms with Crippen molar-refractivity contribution in [2.75, 3.05) is 0 Å². The topological polar surface area (TPSA) is 57.5 Å². The molecule has 0 radical (unpaired) electrons. The van der Waals surface area contributed by atoms with Crippen LogP contribution in [0, 0.1) is 11.3 Å². The number of hydrogen-bond acceptors (Lipinski definition) is 2. The molecular weight excluding hydrogens is 192 g/mol. The van der Waals surface area contributed by atoms with E-state index in [-0.39, 0.29) is 5.41 Å². The molecule has 90 valence electrons. The minimum Gasteiger partial charge on any atom is -0.481 e. The Morgan fingerprint density at radius 1 is 1.20 bits per heavy atom. The highest BCUT2D eigenvalue weighted by molar-refractivity contribution is 5.71. The summed E-state index contributed by atoms with van der Waals surface area (Å²) in [5.41, 5.74) is -1.15. The molecule has 1 unspecified atom stereocenters. The zero-order valence-electron chi connectivity index (χ0n) is 10.5. The van der Waals surface area contributed by atoms with Gasteiger partial charge in [0.2, 0.25) is 0 Å². The fourth-order valence-corrected chi connectivity index (χ4v) is 1.68. The average molecular weight is 216 g/mol. The summed E-state index contributed by atoms with van der Waals surface area (Å²) in [5, 5.41) is 19.3. The monoisotopic (exact) mass is 216 g/mol. The van der Waals surface area contributed by atoms with Gasteiger partial charge in [0.1, 0.15) is 0 Å². The van der Waals surface area contributed by atoms with E-state index in [9.17, 15) is 9.90 Å². The summed E-state index contributed by atoms with van der Waals surface area (Å²) >= 11 is 0. The summed E-state index contributed by atoms with van der Waals surface area (Å²) in [4.78, 5) is 11.1. The first-order valence-corrected chi connectivity index (χ1v) is 5.61. The zero-order valence-corrected chi connectivity index (χ0v) is 10.5. The lowest BCUT2D eigenvalue weighted by Crippen LogP contribution is -2.38. The van der Waals surface area contributed by atoms with E-state index in [2.05, 4.69) is 0 Å². The molecule has 0 aromatic carbocycles. The fourth-order valence-electron chi connectivity index (χ4n) is 1.68. The highest BCUT2D eigenvalue weighted by atomic mass is 16.4. The van der Waals surface area contributed by atoms with E-state index < -0.39 is 17.5 Å². The maximum absolute atomic E-state index is 11.1. The number of aliphatic hydroxyl groups is 1. The molecule has 15 heavy (non-hydrogen) atoms. The van der Waals surface area contributed by atoms with Gasteiger partial charge in [-0.3, -0.25) is 4.79 Å². The second kappa shape index (κ2) is 4.97. The van der Waals surface area contributed by atoms with Crippen molar-refractivity contribution < 1.29 is 15.0 Å². The lowest BCUT2D eigenvalue weighted by Gasteiger charge is -2.34. The molecule has 0 heterocycles. The van der Waals surface area contributed by atoms with Crippen LogP contribution in [0.1, 0.15) is 53.9 Å². The first kappa shape index (κ1) is 14.4. The Morgan fingerprint density at radius 2 is 1.60 bits per heavy atom. The van der Waals surface area contributed by atoms with Gasteiger partial charge in [0.25, 0.3) is 0 Å². The van der Waals surface area contributed by atoms with Crippen molar-refractivity contribution in [3.63, 3.8) is 0 Å². The lowest BCUT2D eigenvalue weighted by molar-refractivity contribution is -0.149. The molecule has 0 amide bonds. The standard InChI is InChI=1S/C12H24O3/c1-6-12(15,7-2)8-9(10(13)14)11(3,4)5/h9,15H,6-8H2,1-5H3,(H,13,14). The minimum absolute atomic E-state index is 0.315. The Bertz CT molecular complexity index is 211. The Morgan fingerprint density at radius 3 is 1.80 bits per heavy atom. The molecule has 3 nitrogen and oxygen atoms in total. The summed E-state index contributed by atoms with van der Waals surface area (Å²) in [6, 6.07) is 0. The first-order valence-electron chi connectivity index (χ1n) is 5.61. The van der Waals surface area contributed by atoms with Gasteiger partial charge in [-0.05, 0) is 24.7 Å². The van der Waals surface area contributed by atoms with Crippen LogP contribution >= 0.6 is 0 Å². The van der Waals surface area contributed by atoms with Crippen LogP contribution in [0.5, 0.6) is 0 Å². The Balaban J connectivity index is 4.77. The van der Waals surface area contributed by atoms with Crippen molar-refractivity contribution in [1.29, 1.82) is 0 Å². The molecular formula is C12H24O3. The summed E-state index contributed by atoms with van der Waals surface area (Å²) in [7, 11) is 0. The van der Waals surface area contributed by atoms with Crippen LogP contribution < -0.4 is 0 Å². The minimum atomic E-state index is -0.837. The maximum atomic E-state index is 11.1. The third-order valence-electron chi connectivity index (χ3n) is 3.24. The number of rotatable bonds is 5. The number of carbonyl (C=O) groups is 1. The molecule has 0 aliphatic heterocycles. The van der Waals surface area contributed by atoms with Crippen molar-refractivity contribution in [2.24, 2.45) is 11.3 Å². The van der Waals surface area contributed by atoms with Gasteiger partial charge >= 0.3 is 5.97 Å². The number of carboxylic acid groups (broad SMARTS) is 1. The van der Waals surface area contributed by atoms with Gasteiger partial charge in [-0.25, -0.2) is 0 Å². The molecule has 1 atom stereocenters. The van der Waals surface area contributed by atoms with Crippen molar-refractivity contribution in [2.45, 2.75) is 59.5 Å². The quantitative estimate of drug-likeness (QED) is 0.742. The van der Waals surface area contributed by atoms with Crippen molar-refractivity contribution in [3.05, 3.63) is 0 Å². The van der Waals surface area contributed by atoms with Crippen LogP contribution in [0.3, 0.4) is 0 Å². The molecule has 0 rings (SSSR count). The summed E-state index contributed by atoms with van der Waals surface area (Å²) in [5.74, 6) is -1.31. The van der Waals surface area contributed by atoms with Crippen LogP contribution in [0.25, 0.3) is 0 Å². The molecule has 0 spiro atoms. The third-order valence-corrected chi connectivity index (χ3v) is 3.24. The second-order valence-corrected chi connectivity index (χ2v) is 5.39. The molecule has 0 aromatic rings. The van der Waals surface area contributed by atoms with Crippen molar-refractivity contribution in [1.82, 2.24) is 0 Å². The lowest BCUT2D eigenvalue weighted by atomic mass is 9.73. The number of hydrogen-bond donors (Lipinski definition) is 2. The molecule has 3 heteroatoms. The molecule has 0 fully saturated rings. The van der Waals surface area contributed by atoms with E-state index in [1.54, 1.807) is 0 Å². The van der Waals surface area contributed by atoms with Crippen LogP contribution in [0.15, 0.2) is 0 Å². The number of aliphatic carboxylic acids is 1. The largest absolute Gasteiger partial charge is 0.481 e. The van der Waals surface area contributed by atoms with Crippen LogP contribution in [0.4, 0.5) is 0 Å². The van der Waals surface area contributed by atoms with E-state index in [0.717, 1.165) is 0 Å². The molecule has 0 aliphatic carbocycles. The Kier molecular flexibility index (Phi) is 4.78. The van der Waals surface area contributed by atoms with Crippen LogP contribution in [-0.4, -0.2) is 21.8 Å². The van der Waals surface area contributed by atoms with Gasteiger partial charge in [0.15, 0.2) is 0 Å². The smallest absolute Gasteiger partial charge is 0.307 e. The van der Waals surface area contributed by atoms with Gasteiger partial charge in [-0.2, -0.15) is 0 Å². The van der Waals surface area contributed by atoms with Crippen molar-refractivity contribution in [3.8, 4) is 0 Å². The van der Waals surface area contributed by atoms with Crippen molar-refractivity contribution >= 4 is 5.97 Å². The van der Waals surface area contributed by atoms with E-state index in [0.29, 0.717) is 19.3 Å². The summed E-state index contributed by atoms with van der Waals surface area (Å²) in [6.45, 7) is 9.49. The SMILES string of the molecule is CCC(O)(CC)CC(C(=O)O)C(C)(C)C. The third kappa shape index (κ3) is 4.20. The van der Waals surface area contributed by atoms with E-state index in [1.807, 2.05) is 34.6 Å². The molecule has 0 aliphatic rings. The molecule has 0 saturated carbocycles. The zero-order chi connectivity index (χ0) is 12.3. The highest BCUT2D eigenvalue weighted by Crippen LogP contribution is 2.35. The molecule has 0 bridgehead atoms. The Labute approximate surface area is 92.5 Å². The first-order chi connectivity index (χ1) is 6.66.